The van der Waals surface area contributed by atoms with Crippen molar-refractivity contribution in [1.29, 1.82) is 0 Å². The van der Waals surface area contributed by atoms with Crippen LogP contribution in [0.3, 0.4) is 0 Å². The molecule has 1 aromatic rings. The van der Waals surface area contributed by atoms with Gasteiger partial charge in [-0.05, 0) is 5.56 Å². The van der Waals surface area contributed by atoms with Crippen LogP contribution < -0.4 is 0 Å². The molecule has 1 fully saturated rings. The summed E-state index contributed by atoms with van der Waals surface area (Å²) in [7, 11) is 1.33. The fourth-order valence-corrected chi connectivity index (χ4v) is 2.09. The first-order valence-electron chi connectivity index (χ1n) is 6.83. The van der Waals surface area contributed by atoms with Gasteiger partial charge in [-0.3, -0.25) is 4.79 Å². The molecule has 6 heteroatoms. The molecule has 1 aliphatic heterocycles. The molecule has 0 aromatic heterocycles. The van der Waals surface area contributed by atoms with E-state index in [4.69, 9.17) is 9.47 Å². The second kappa shape index (κ2) is 7.64. The summed E-state index contributed by atoms with van der Waals surface area (Å²) in [5.41, 5.74) is 0.935. The van der Waals surface area contributed by atoms with E-state index in [1.807, 2.05) is 30.3 Å². The lowest BCUT2D eigenvalue weighted by molar-refractivity contribution is -0.145. The van der Waals surface area contributed by atoms with Gasteiger partial charge in [0.1, 0.15) is 6.61 Å². The van der Waals surface area contributed by atoms with Gasteiger partial charge in [0.25, 0.3) is 0 Å². The normalized spacial score (nSPS) is 18.1. The number of rotatable bonds is 4. The molecule has 0 spiro atoms. The zero-order chi connectivity index (χ0) is 15.1. The lowest BCUT2D eigenvalue weighted by Gasteiger charge is -2.31. The Hall–Kier alpha value is -2.08. The van der Waals surface area contributed by atoms with Crippen LogP contribution in [0.5, 0.6) is 0 Å². The molecule has 1 aliphatic rings. The molecule has 0 saturated carbocycles. The molecule has 21 heavy (non-hydrogen) atoms. The number of esters is 1. The Labute approximate surface area is 123 Å². The maximum atomic E-state index is 12.0. The van der Waals surface area contributed by atoms with E-state index in [-0.39, 0.29) is 25.1 Å². The molecule has 114 valence electrons. The minimum Gasteiger partial charge on any atom is -0.469 e. The van der Waals surface area contributed by atoms with Crippen LogP contribution >= 0.6 is 0 Å². The minimum atomic E-state index is -0.392. The van der Waals surface area contributed by atoms with E-state index in [9.17, 15) is 9.59 Å². The van der Waals surface area contributed by atoms with E-state index in [1.165, 1.54) is 7.11 Å². The van der Waals surface area contributed by atoms with Gasteiger partial charge in [0.05, 0.1) is 32.8 Å². The number of methoxy groups -OCH3 is 1. The van der Waals surface area contributed by atoms with Crippen molar-refractivity contribution < 1.29 is 23.8 Å². The van der Waals surface area contributed by atoms with Crippen molar-refractivity contribution in [3.63, 3.8) is 0 Å². The summed E-state index contributed by atoms with van der Waals surface area (Å²) in [5.74, 6) is -0.348. The van der Waals surface area contributed by atoms with Crippen LogP contribution in [-0.2, 0) is 25.6 Å². The number of morpholine rings is 1. The average Bonchev–Trinajstić information content (AvgIpc) is 2.53. The fraction of sp³-hybridized carbons (Fsp3) is 0.467. The molecule has 1 unspecified atom stereocenters. The van der Waals surface area contributed by atoms with E-state index < -0.39 is 6.09 Å². The van der Waals surface area contributed by atoms with Gasteiger partial charge in [-0.25, -0.2) is 4.79 Å². The highest BCUT2D eigenvalue weighted by Crippen LogP contribution is 2.11. The first kappa shape index (κ1) is 15.3. The van der Waals surface area contributed by atoms with E-state index in [0.29, 0.717) is 19.7 Å². The van der Waals surface area contributed by atoms with Crippen molar-refractivity contribution in [2.75, 3.05) is 26.8 Å². The molecule has 6 nitrogen and oxygen atoms in total. The summed E-state index contributed by atoms with van der Waals surface area (Å²) in [6.45, 7) is 1.43. The lowest BCUT2D eigenvalue weighted by atomic mass is 10.2. The monoisotopic (exact) mass is 293 g/mol. The van der Waals surface area contributed by atoms with Gasteiger partial charge in [0.15, 0.2) is 0 Å². The SMILES string of the molecule is COC(=O)CC1CN(C(=O)OCc2ccccc2)CCO1. The third-order valence-corrected chi connectivity index (χ3v) is 3.22. The molecule has 1 amide bonds. The Morgan fingerprint density at radius 2 is 2.10 bits per heavy atom. The Kier molecular flexibility index (Phi) is 5.57. The topological polar surface area (TPSA) is 65.1 Å². The Balaban J connectivity index is 1.80. The Bertz CT molecular complexity index is 476. The highest BCUT2D eigenvalue weighted by atomic mass is 16.6. The smallest absolute Gasteiger partial charge is 0.410 e. The molecule has 1 aromatic carbocycles. The number of nitrogens with zero attached hydrogens (tertiary/aromatic N) is 1. The zero-order valence-corrected chi connectivity index (χ0v) is 12.0. The van der Waals surface area contributed by atoms with Gasteiger partial charge in [0.2, 0.25) is 0 Å². The van der Waals surface area contributed by atoms with Crippen LogP contribution in [0.4, 0.5) is 4.79 Å². The van der Waals surface area contributed by atoms with Gasteiger partial charge in [-0.2, -0.15) is 0 Å². The number of hydrogen-bond donors (Lipinski definition) is 0. The number of ether oxygens (including phenoxy) is 3. The fourth-order valence-electron chi connectivity index (χ4n) is 2.09. The maximum absolute atomic E-state index is 12.0. The maximum Gasteiger partial charge on any atom is 0.410 e. The van der Waals surface area contributed by atoms with E-state index in [0.717, 1.165) is 5.56 Å². The zero-order valence-electron chi connectivity index (χ0n) is 12.0. The standard InChI is InChI=1S/C15H19NO5/c1-19-14(17)9-13-10-16(7-8-20-13)15(18)21-11-12-5-3-2-4-6-12/h2-6,13H,7-11H2,1H3. The van der Waals surface area contributed by atoms with Gasteiger partial charge in [-0.15, -0.1) is 0 Å². The molecule has 1 atom stereocenters. The Morgan fingerprint density at radius 1 is 1.33 bits per heavy atom. The third kappa shape index (κ3) is 4.75. The predicted molar refractivity (Wildman–Crippen MR) is 74.6 cm³/mol. The van der Waals surface area contributed by atoms with Crippen LogP contribution in [0.25, 0.3) is 0 Å². The average molecular weight is 293 g/mol. The van der Waals surface area contributed by atoms with Crippen LogP contribution in [0.2, 0.25) is 0 Å². The minimum absolute atomic E-state index is 0.138. The summed E-state index contributed by atoms with van der Waals surface area (Å²) in [4.78, 5) is 24.8. The third-order valence-electron chi connectivity index (χ3n) is 3.22. The lowest BCUT2D eigenvalue weighted by Crippen LogP contribution is -2.46. The predicted octanol–water partition coefficient (Wildman–Crippen LogP) is 1.59. The van der Waals surface area contributed by atoms with Crippen molar-refractivity contribution in [3.05, 3.63) is 35.9 Å². The molecular formula is C15H19NO5. The number of carbonyl (C=O) groups excluding carboxylic acids is 2. The van der Waals surface area contributed by atoms with E-state index in [1.54, 1.807) is 4.90 Å². The highest BCUT2D eigenvalue weighted by molar-refractivity contribution is 5.70. The van der Waals surface area contributed by atoms with E-state index >= 15 is 0 Å². The first-order valence-corrected chi connectivity index (χ1v) is 6.83. The first-order chi connectivity index (χ1) is 10.2. The summed E-state index contributed by atoms with van der Waals surface area (Å²) in [5, 5.41) is 0. The van der Waals surface area contributed by atoms with Crippen molar-refractivity contribution in [3.8, 4) is 0 Å². The van der Waals surface area contributed by atoms with Crippen LogP contribution in [-0.4, -0.2) is 49.9 Å². The summed E-state index contributed by atoms with van der Waals surface area (Å²) < 4.78 is 15.3. The van der Waals surface area contributed by atoms with Crippen LogP contribution in [0, 0.1) is 0 Å². The second-order valence-corrected chi connectivity index (χ2v) is 4.76. The summed E-state index contributed by atoms with van der Waals surface area (Å²) in [6, 6.07) is 9.48. The van der Waals surface area contributed by atoms with Crippen molar-refractivity contribution in [2.24, 2.45) is 0 Å². The molecule has 0 bridgehead atoms. The largest absolute Gasteiger partial charge is 0.469 e. The molecule has 1 heterocycles. The quantitative estimate of drug-likeness (QED) is 0.789. The number of amides is 1. The molecular weight excluding hydrogens is 274 g/mol. The van der Waals surface area contributed by atoms with Crippen LogP contribution in [0.1, 0.15) is 12.0 Å². The van der Waals surface area contributed by atoms with Gasteiger partial charge in [-0.1, -0.05) is 30.3 Å². The van der Waals surface area contributed by atoms with Crippen molar-refractivity contribution in [1.82, 2.24) is 4.90 Å². The van der Waals surface area contributed by atoms with Crippen molar-refractivity contribution in [2.45, 2.75) is 19.1 Å². The highest BCUT2D eigenvalue weighted by Gasteiger charge is 2.27. The molecule has 1 saturated heterocycles. The molecule has 0 radical (unpaired) electrons. The van der Waals surface area contributed by atoms with Crippen molar-refractivity contribution >= 4 is 12.1 Å². The second-order valence-electron chi connectivity index (χ2n) is 4.76. The van der Waals surface area contributed by atoms with Gasteiger partial charge in [0, 0.05) is 6.54 Å². The Morgan fingerprint density at radius 3 is 2.81 bits per heavy atom. The molecule has 0 aliphatic carbocycles. The van der Waals surface area contributed by atoms with Gasteiger partial charge < -0.3 is 19.1 Å². The number of hydrogen-bond acceptors (Lipinski definition) is 5. The molecule has 0 N–H and O–H groups in total. The van der Waals surface area contributed by atoms with Crippen LogP contribution in [0.15, 0.2) is 30.3 Å². The summed E-state index contributed by atoms with van der Waals surface area (Å²) in [6.07, 6.45) is -0.591. The van der Waals surface area contributed by atoms with E-state index in [2.05, 4.69) is 4.74 Å². The van der Waals surface area contributed by atoms with Gasteiger partial charge >= 0.3 is 12.1 Å². The number of carbonyl (C=O) groups is 2. The summed E-state index contributed by atoms with van der Waals surface area (Å²) >= 11 is 0. The molecule has 2 rings (SSSR count). The number of benzene rings is 1.